The lowest BCUT2D eigenvalue weighted by Crippen LogP contribution is -2.27. The van der Waals surface area contributed by atoms with E-state index in [1.807, 2.05) is 53.4 Å². The van der Waals surface area contributed by atoms with Crippen LogP contribution in [0.15, 0.2) is 58.4 Å². The number of aromatic nitrogens is 1. The van der Waals surface area contributed by atoms with E-state index in [1.54, 1.807) is 0 Å². The maximum atomic E-state index is 8.87. The number of oxime groups is 1. The average Bonchev–Trinajstić information content (AvgIpc) is 2.83. The van der Waals surface area contributed by atoms with Gasteiger partial charge in [-0.2, -0.15) is 0 Å². The largest absolute Gasteiger partial charge is 0.409 e. The molecule has 0 saturated carbocycles. The van der Waals surface area contributed by atoms with E-state index in [2.05, 4.69) is 21.1 Å². The van der Waals surface area contributed by atoms with E-state index < -0.39 is 0 Å². The van der Waals surface area contributed by atoms with Crippen LogP contribution in [-0.4, -0.2) is 15.6 Å². The molecule has 0 aliphatic carbocycles. The maximum Gasteiger partial charge on any atom is 0.166 e. The molecule has 0 bridgehead atoms. The first-order chi connectivity index (χ1) is 8.22. The summed E-state index contributed by atoms with van der Waals surface area (Å²) >= 11 is 3.41. The molecule has 1 atom stereocenters. The van der Waals surface area contributed by atoms with E-state index in [0.29, 0.717) is 0 Å². The number of hydrogen-bond acceptors (Lipinski definition) is 2. The summed E-state index contributed by atoms with van der Waals surface area (Å²) in [4.78, 5) is 0. The number of amidine groups is 1. The third-order valence-corrected chi connectivity index (χ3v) is 2.98. The first kappa shape index (κ1) is 11.7. The summed E-state index contributed by atoms with van der Waals surface area (Å²) in [6.45, 7) is 0. The monoisotopic (exact) mass is 293 g/mol. The van der Waals surface area contributed by atoms with Crippen molar-refractivity contribution in [1.29, 1.82) is 0 Å². The molecular weight excluding hydrogens is 282 g/mol. The van der Waals surface area contributed by atoms with E-state index in [4.69, 9.17) is 10.9 Å². The molecule has 0 saturated heterocycles. The lowest BCUT2D eigenvalue weighted by Gasteiger charge is -2.18. The standard InChI is InChI=1S/C12H12BrN3O/c13-10-5-3-4-9(8-10)11(12(14)15-17)16-6-1-2-7-16/h1-8,11,17H,(H2,14,15)/t11-/m1/s1. The van der Waals surface area contributed by atoms with Crippen molar-refractivity contribution < 1.29 is 5.21 Å². The van der Waals surface area contributed by atoms with Crippen molar-refractivity contribution in [3.05, 3.63) is 58.8 Å². The summed E-state index contributed by atoms with van der Waals surface area (Å²) in [6, 6.07) is 11.2. The first-order valence-electron chi connectivity index (χ1n) is 5.07. The van der Waals surface area contributed by atoms with Gasteiger partial charge in [-0.15, -0.1) is 0 Å². The lowest BCUT2D eigenvalue weighted by molar-refractivity contribution is 0.315. The van der Waals surface area contributed by atoms with Crippen molar-refractivity contribution >= 4 is 21.8 Å². The van der Waals surface area contributed by atoms with Crippen molar-refractivity contribution in [2.75, 3.05) is 0 Å². The third-order valence-electron chi connectivity index (χ3n) is 2.49. The smallest absolute Gasteiger partial charge is 0.166 e. The van der Waals surface area contributed by atoms with Gasteiger partial charge in [-0.25, -0.2) is 0 Å². The maximum absolute atomic E-state index is 8.87. The average molecular weight is 294 g/mol. The molecule has 1 aromatic heterocycles. The minimum absolute atomic E-state index is 0.152. The Morgan fingerprint density at radius 3 is 2.59 bits per heavy atom. The van der Waals surface area contributed by atoms with Crippen molar-refractivity contribution in [3.8, 4) is 0 Å². The predicted molar refractivity (Wildman–Crippen MR) is 70.1 cm³/mol. The van der Waals surface area contributed by atoms with E-state index in [9.17, 15) is 0 Å². The second kappa shape index (κ2) is 5.05. The quantitative estimate of drug-likeness (QED) is 0.395. The van der Waals surface area contributed by atoms with Gasteiger partial charge in [0.2, 0.25) is 0 Å². The lowest BCUT2D eigenvalue weighted by atomic mass is 10.1. The Balaban J connectivity index is 2.48. The Morgan fingerprint density at radius 2 is 2.00 bits per heavy atom. The van der Waals surface area contributed by atoms with Crippen molar-refractivity contribution in [2.24, 2.45) is 10.9 Å². The molecule has 1 heterocycles. The molecule has 0 aliphatic heterocycles. The highest BCUT2D eigenvalue weighted by atomic mass is 79.9. The summed E-state index contributed by atoms with van der Waals surface area (Å²) in [6.07, 6.45) is 3.76. The van der Waals surface area contributed by atoms with Crippen LogP contribution in [0, 0.1) is 0 Å². The third kappa shape index (κ3) is 2.50. The summed E-state index contributed by atoms with van der Waals surface area (Å²) < 4.78 is 2.84. The van der Waals surface area contributed by atoms with Gasteiger partial charge < -0.3 is 15.5 Å². The van der Waals surface area contributed by atoms with Crippen LogP contribution in [0.3, 0.4) is 0 Å². The first-order valence-corrected chi connectivity index (χ1v) is 5.87. The van der Waals surface area contributed by atoms with Gasteiger partial charge in [-0.05, 0) is 29.8 Å². The minimum atomic E-state index is -0.299. The molecule has 0 spiro atoms. The van der Waals surface area contributed by atoms with Crippen LogP contribution in [0.4, 0.5) is 0 Å². The van der Waals surface area contributed by atoms with Gasteiger partial charge in [-0.3, -0.25) is 0 Å². The number of benzene rings is 1. The molecule has 0 amide bonds. The van der Waals surface area contributed by atoms with Crippen molar-refractivity contribution in [3.63, 3.8) is 0 Å². The molecule has 0 aliphatic rings. The van der Waals surface area contributed by atoms with Crippen molar-refractivity contribution in [2.45, 2.75) is 6.04 Å². The van der Waals surface area contributed by atoms with Gasteiger partial charge in [0.05, 0.1) is 0 Å². The highest BCUT2D eigenvalue weighted by molar-refractivity contribution is 9.10. The zero-order valence-electron chi connectivity index (χ0n) is 8.99. The Hall–Kier alpha value is -1.75. The van der Waals surface area contributed by atoms with E-state index in [-0.39, 0.29) is 11.9 Å². The molecule has 17 heavy (non-hydrogen) atoms. The predicted octanol–water partition coefficient (Wildman–Crippen LogP) is 2.59. The van der Waals surface area contributed by atoms with E-state index in [1.165, 1.54) is 0 Å². The van der Waals surface area contributed by atoms with Gasteiger partial charge in [0.25, 0.3) is 0 Å². The topological polar surface area (TPSA) is 63.5 Å². The van der Waals surface area contributed by atoms with Gasteiger partial charge in [0.15, 0.2) is 5.84 Å². The molecule has 0 unspecified atom stereocenters. The fourth-order valence-electron chi connectivity index (χ4n) is 1.75. The highest BCUT2D eigenvalue weighted by Crippen LogP contribution is 2.22. The molecule has 0 radical (unpaired) electrons. The molecule has 2 aromatic rings. The van der Waals surface area contributed by atoms with Gasteiger partial charge >= 0.3 is 0 Å². The Kier molecular flexibility index (Phi) is 3.49. The molecule has 3 N–H and O–H groups in total. The number of nitrogens with two attached hydrogens (primary N) is 1. The zero-order chi connectivity index (χ0) is 12.3. The molecule has 88 valence electrons. The Labute approximate surface area is 107 Å². The molecule has 5 heteroatoms. The van der Waals surface area contributed by atoms with Gasteiger partial charge in [-0.1, -0.05) is 33.2 Å². The van der Waals surface area contributed by atoms with Crippen LogP contribution in [0.25, 0.3) is 0 Å². The van der Waals surface area contributed by atoms with Crippen LogP contribution in [0.5, 0.6) is 0 Å². The summed E-state index contributed by atoms with van der Waals surface area (Å²) in [5.74, 6) is 0.152. The summed E-state index contributed by atoms with van der Waals surface area (Å²) in [5.41, 5.74) is 6.70. The Bertz CT molecular complexity index is 522. The molecule has 0 fully saturated rings. The Morgan fingerprint density at radius 1 is 1.29 bits per heavy atom. The summed E-state index contributed by atoms with van der Waals surface area (Å²) in [7, 11) is 0. The highest BCUT2D eigenvalue weighted by Gasteiger charge is 2.17. The molecule has 4 nitrogen and oxygen atoms in total. The SMILES string of the molecule is NC(=NO)[C@@H](c1cccc(Br)c1)n1cccc1. The van der Waals surface area contributed by atoms with Crippen LogP contribution in [0.1, 0.15) is 11.6 Å². The van der Waals surface area contributed by atoms with Gasteiger partial charge in [0, 0.05) is 16.9 Å². The van der Waals surface area contributed by atoms with Crippen LogP contribution in [0.2, 0.25) is 0 Å². The fraction of sp³-hybridized carbons (Fsp3) is 0.0833. The summed E-state index contributed by atoms with van der Waals surface area (Å²) in [5, 5.41) is 12.0. The van der Waals surface area contributed by atoms with Crippen molar-refractivity contribution in [1.82, 2.24) is 4.57 Å². The van der Waals surface area contributed by atoms with Crippen LogP contribution in [-0.2, 0) is 0 Å². The van der Waals surface area contributed by atoms with E-state index in [0.717, 1.165) is 10.0 Å². The minimum Gasteiger partial charge on any atom is -0.409 e. The second-order valence-electron chi connectivity index (χ2n) is 3.61. The second-order valence-corrected chi connectivity index (χ2v) is 4.53. The molecular formula is C12H12BrN3O. The normalized spacial score (nSPS) is 13.6. The molecule has 2 rings (SSSR count). The fourth-order valence-corrected chi connectivity index (χ4v) is 2.16. The number of nitrogens with zero attached hydrogens (tertiary/aromatic N) is 2. The number of hydrogen-bond donors (Lipinski definition) is 2. The number of halogens is 1. The number of rotatable bonds is 3. The van der Waals surface area contributed by atoms with Crippen LogP contribution < -0.4 is 5.73 Å². The van der Waals surface area contributed by atoms with Gasteiger partial charge in [0.1, 0.15) is 6.04 Å². The van der Waals surface area contributed by atoms with Crippen LogP contribution >= 0.6 is 15.9 Å². The van der Waals surface area contributed by atoms with E-state index >= 15 is 0 Å². The molecule has 1 aromatic carbocycles. The zero-order valence-corrected chi connectivity index (χ0v) is 10.6.